The van der Waals surface area contributed by atoms with Crippen molar-refractivity contribution in [3.8, 4) is 0 Å². The second kappa shape index (κ2) is 8.40. The Balaban J connectivity index is 1.81. The lowest BCUT2D eigenvalue weighted by Crippen LogP contribution is -2.50. The Bertz CT molecular complexity index is 508. The van der Waals surface area contributed by atoms with Crippen molar-refractivity contribution in [3.05, 3.63) is 23.2 Å². The van der Waals surface area contributed by atoms with Crippen molar-refractivity contribution in [1.82, 2.24) is 4.81 Å². The molecule has 0 radical (unpaired) electrons. The van der Waals surface area contributed by atoms with Gasteiger partial charge in [-0.2, -0.15) is 0 Å². The van der Waals surface area contributed by atoms with Gasteiger partial charge in [0.2, 0.25) is 0 Å². The number of aliphatic imine (C=N–C) groups is 1. The number of allylic oxidation sites excluding steroid dienone is 3. The first-order valence-corrected chi connectivity index (χ1v) is 10.3. The number of nitrogens with zero attached hydrogens (tertiary/aromatic N) is 2. The first-order valence-electron chi connectivity index (χ1n) is 10.3. The molecule has 0 aromatic carbocycles. The molecular weight excluding hydrogens is 291 g/mol. The lowest BCUT2D eigenvalue weighted by atomic mass is 9.51. The van der Waals surface area contributed by atoms with E-state index < -0.39 is 0 Å². The monoisotopic (exact) mass is 326 g/mol. The molecule has 2 saturated carbocycles. The summed E-state index contributed by atoms with van der Waals surface area (Å²) in [4.78, 5) is 7.95. The Morgan fingerprint density at radius 1 is 1.00 bits per heavy atom. The van der Waals surface area contributed by atoms with Crippen molar-refractivity contribution >= 4 is 12.7 Å². The van der Waals surface area contributed by atoms with Crippen LogP contribution in [0.15, 0.2) is 28.2 Å². The van der Waals surface area contributed by atoms with E-state index in [4.69, 9.17) is 4.99 Å². The average Bonchev–Trinajstić information content (AvgIpc) is 2.56. The molecule has 3 heteroatoms. The summed E-state index contributed by atoms with van der Waals surface area (Å²) in [5.74, 6) is 3.80. The van der Waals surface area contributed by atoms with E-state index in [0.29, 0.717) is 18.9 Å². The molecule has 1 aliphatic heterocycles. The number of rotatable bonds is 3. The molecule has 3 rings (SSSR count). The Labute approximate surface area is 149 Å². The van der Waals surface area contributed by atoms with Crippen molar-refractivity contribution in [2.45, 2.75) is 103 Å². The third kappa shape index (κ3) is 4.55. The highest BCUT2D eigenvalue weighted by Crippen LogP contribution is 2.29. The van der Waals surface area contributed by atoms with E-state index in [1.54, 1.807) is 0 Å². The van der Waals surface area contributed by atoms with Gasteiger partial charge in [-0.3, -0.25) is 4.99 Å². The number of hydrogen-bond donors (Lipinski definition) is 0. The number of amidine groups is 1. The van der Waals surface area contributed by atoms with Crippen molar-refractivity contribution in [2.24, 2.45) is 4.99 Å². The van der Waals surface area contributed by atoms with E-state index in [1.165, 1.54) is 87.5 Å². The molecule has 0 bridgehead atoms. The summed E-state index contributed by atoms with van der Waals surface area (Å²) in [6.45, 7) is 7.35. The molecule has 0 unspecified atom stereocenters. The predicted octanol–water partition coefficient (Wildman–Crippen LogP) is 5.81. The summed E-state index contributed by atoms with van der Waals surface area (Å²) < 4.78 is 0. The molecule has 0 amide bonds. The van der Waals surface area contributed by atoms with Crippen molar-refractivity contribution in [3.63, 3.8) is 0 Å². The third-order valence-electron chi connectivity index (χ3n) is 6.10. The van der Waals surface area contributed by atoms with E-state index in [0.717, 1.165) is 0 Å². The Morgan fingerprint density at radius 3 is 2.25 bits per heavy atom. The second-order valence-corrected chi connectivity index (χ2v) is 8.34. The van der Waals surface area contributed by atoms with Crippen molar-refractivity contribution in [2.75, 3.05) is 0 Å². The second-order valence-electron chi connectivity index (χ2n) is 8.34. The normalized spacial score (nSPS) is 24.6. The molecule has 2 fully saturated rings. The summed E-state index contributed by atoms with van der Waals surface area (Å²) >= 11 is 0. The van der Waals surface area contributed by atoms with Gasteiger partial charge in [0.05, 0.1) is 11.9 Å². The van der Waals surface area contributed by atoms with Gasteiger partial charge in [-0.25, -0.2) is 0 Å². The zero-order chi connectivity index (χ0) is 16.9. The molecule has 2 nitrogen and oxygen atoms in total. The van der Waals surface area contributed by atoms with Gasteiger partial charge >= 0.3 is 0 Å². The maximum absolute atomic E-state index is 5.23. The Kier molecular flexibility index (Phi) is 6.24. The van der Waals surface area contributed by atoms with Crippen LogP contribution in [0.4, 0.5) is 0 Å². The van der Waals surface area contributed by atoms with Crippen LogP contribution < -0.4 is 0 Å². The van der Waals surface area contributed by atoms with Gasteiger partial charge in [0.25, 0.3) is 6.85 Å². The summed E-state index contributed by atoms with van der Waals surface area (Å²) in [6.07, 6.45) is 17.2. The smallest absolute Gasteiger partial charge is 0.286 e. The fourth-order valence-corrected chi connectivity index (χ4v) is 5.04. The third-order valence-corrected chi connectivity index (χ3v) is 6.10. The maximum Gasteiger partial charge on any atom is 0.286 e. The van der Waals surface area contributed by atoms with Crippen molar-refractivity contribution in [1.29, 1.82) is 0 Å². The lowest BCUT2D eigenvalue weighted by Gasteiger charge is -2.41. The number of hydrogen-bond acceptors (Lipinski definition) is 1. The predicted molar refractivity (Wildman–Crippen MR) is 107 cm³/mol. The van der Waals surface area contributed by atoms with Crippen LogP contribution in [0.5, 0.6) is 0 Å². The highest BCUT2D eigenvalue weighted by atomic mass is 15.2. The minimum absolute atomic E-state index is 0.519. The zero-order valence-corrected chi connectivity index (χ0v) is 16.1. The van der Waals surface area contributed by atoms with Crippen LogP contribution in [-0.4, -0.2) is 29.6 Å². The van der Waals surface area contributed by atoms with Gasteiger partial charge in [-0.1, -0.05) is 61.7 Å². The summed E-state index contributed by atoms with van der Waals surface area (Å²) in [5.41, 5.74) is 2.95. The molecule has 3 aliphatic rings. The average molecular weight is 326 g/mol. The molecule has 24 heavy (non-hydrogen) atoms. The van der Waals surface area contributed by atoms with E-state index in [2.05, 4.69) is 37.6 Å². The topological polar surface area (TPSA) is 15.6 Å². The van der Waals surface area contributed by atoms with Gasteiger partial charge in [0.15, 0.2) is 0 Å². The van der Waals surface area contributed by atoms with E-state index in [1.807, 2.05) is 0 Å². The van der Waals surface area contributed by atoms with Crippen LogP contribution in [-0.2, 0) is 0 Å². The van der Waals surface area contributed by atoms with Crippen LogP contribution >= 0.6 is 0 Å². The Hall–Kier alpha value is -0.985. The van der Waals surface area contributed by atoms with Crippen LogP contribution in [0.25, 0.3) is 0 Å². The maximum atomic E-state index is 5.23. The Morgan fingerprint density at radius 2 is 1.62 bits per heavy atom. The summed E-state index contributed by atoms with van der Waals surface area (Å²) in [6, 6.07) is 1.28. The fourth-order valence-electron chi connectivity index (χ4n) is 5.04. The zero-order valence-electron chi connectivity index (χ0n) is 16.1. The van der Waals surface area contributed by atoms with E-state index in [-0.39, 0.29) is 0 Å². The van der Waals surface area contributed by atoms with Crippen LogP contribution in [0.2, 0.25) is 6.32 Å². The molecular formula is C21H35BN2. The van der Waals surface area contributed by atoms with Crippen LogP contribution in [0.1, 0.15) is 85.0 Å². The highest BCUT2D eigenvalue weighted by molar-refractivity contribution is 6.65. The van der Waals surface area contributed by atoms with E-state index >= 15 is 0 Å². The standard InChI is InChI=1S/C21H35BN2/c1-17-14-18(2)16-22(15-17)24(21-12-8-5-9-13-21)19(3)23-20-10-6-4-7-11-20/h14-15,20-21H,4-13,16H2,1-3H3. The fraction of sp³-hybridized carbons (Fsp3) is 0.762. The largest absolute Gasteiger partial charge is 0.397 e. The van der Waals surface area contributed by atoms with Crippen LogP contribution in [0.3, 0.4) is 0 Å². The van der Waals surface area contributed by atoms with E-state index in [9.17, 15) is 0 Å². The molecule has 0 aromatic rings. The molecule has 0 atom stereocenters. The summed E-state index contributed by atoms with van der Waals surface area (Å²) in [7, 11) is 0. The first kappa shape index (κ1) is 17.8. The van der Waals surface area contributed by atoms with Gasteiger partial charge in [-0.15, -0.1) is 0 Å². The SMILES string of the molecule is CC1=CB(N(C(C)=NC2CCCCC2)C2CCCCC2)CC(C)=C1. The van der Waals surface area contributed by atoms with Gasteiger partial charge < -0.3 is 4.81 Å². The van der Waals surface area contributed by atoms with Crippen molar-refractivity contribution < 1.29 is 0 Å². The highest BCUT2D eigenvalue weighted by Gasteiger charge is 2.32. The van der Waals surface area contributed by atoms with Gasteiger partial charge in [0.1, 0.15) is 0 Å². The molecule has 1 heterocycles. The molecule has 0 N–H and O–H groups in total. The van der Waals surface area contributed by atoms with Gasteiger partial charge in [-0.05, 0) is 52.8 Å². The first-order chi connectivity index (χ1) is 11.6. The minimum atomic E-state index is 0.519. The quantitative estimate of drug-likeness (QED) is 0.363. The molecule has 0 spiro atoms. The van der Waals surface area contributed by atoms with Gasteiger partial charge in [0, 0.05) is 6.04 Å². The molecule has 0 aromatic heterocycles. The molecule has 132 valence electrons. The van der Waals surface area contributed by atoms with Crippen LogP contribution in [0, 0.1) is 0 Å². The molecule has 0 saturated heterocycles. The molecule has 2 aliphatic carbocycles. The minimum Gasteiger partial charge on any atom is -0.397 e. The summed E-state index contributed by atoms with van der Waals surface area (Å²) in [5, 5.41) is 0. The lowest BCUT2D eigenvalue weighted by molar-refractivity contribution is 0.324.